The topological polar surface area (TPSA) is 90.9 Å². The first-order chi connectivity index (χ1) is 13.6. The van der Waals surface area contributed by atoms with Gasteiger partial charge in [-0.2, -0.15) is 0 Å². The molecule has 0 amide bonds. The first kappa shape index (κ1) is 23.0. The lowest BCUT2D eigenvalue weighted by atomic mass is 10.0. The van der Waals surface area contributed by atoms with Crippen LogP contribution in [-0.2, 0) is 19.5 Å². The van der Waals surface area contributed by atoms with Crippen molar-refractivity contribution in [3.63, 3.8) is 0 Å². The number of hydrogen-bond donors (Lipinski definition) is 1. The van der Waals surface area contributed by atoms with Gasteiger partial charge in [0.1, 0.15) is 5.75 Å². The summed E-state index contributed by atoms with van der Waals surface area (Å²) in [7, 11) is -2.34. The third-order valence-electron chi connectivity index (χ3n) is 3.78. The molecule has 2 rings (SSSR count). The summed E-state index contributed by atoms with van der Waals surface area (Å²) < 4.78 is 44.3. The molecule has 8 heteroatoms. The molecule has 0 bridgehead atoms. The van der Waals surface area contributed by atoms with Crippen LogP contribution in [0.25, 0.3) is 11.1 Å². The van der Waals surface area contributed by atoms with Gasteiger partial charge in [0.05, 0.1) is 17.1 Å². The van der Waals surface area contributed by atoms with Gasteiger partial charge in [-0.15, -0.1) is 0 Å². The molecular formula is C21H27NO6S. The Morgan fingerprint density at radius 3 is 2.41 bits per heavy atom. The van der Waals surface area contributed by atoms with Crippen molar-refractivity contribution in [2.75, 3.05) is 13.7 Å². The van der Waals surface area contributed by atoms with Gasteiger partial charge in [0.2, 0.25) is 10.0 Å². The lowest BCUT2D eigenvalue weighted by Gasteiger charge is -2.22. The smallest absolute Gasteiger partial charge is 0.315 e. The fraction of sp³-hybridized carbons (Fsp3) is 0.381. The Bertz CT molecular complexity index is 950. The van der Waals surface area contributed by atoms with Crippen molar-refractivity contribution in [3.8, 4) is 16.9 Å². The van der Waals surface area contributed by atoms with Crippen LogP contribution in [0.3, 0.4) is 0 Å². The fourth-order valence-electron chi connectivity index (χ4n) is 2.70. The molecule has 2 aromatic carbocycles. The van der Waals surface area contributed by atoms with Gasteiger partial charge >= 0.3 is 6.48 Å². The van der Waals surface area contributed by atoms with Crippen LogP contribution in [0.2, 0.25) is 0 Å². The highest BCUT2D eigenvalue weighted by Gasteiger charge is 2.25. The Morgan fingerprint density at radius 1 is 1.14 bits per heavy atom. The van der Waals surface area contributed by atoms with E-state index in [9.17, 15) is 13.2 Å². The molecule has 7 nitrogen and oxygen atoms in total. The number of benzene rings is 2. The summed E-state index contributed by atoms with van der Waals surface area (Å²) in [4.78, 5) is 11.7. The Kier molecular flexibility index (Phi) is 7.54. The molecule has 158 valence electrons. The number of ether oxygens (including phenoxy) is 3. The van der Waals surface area contributed by atoms with Gasteiger partial charge in [0.15, 0.2) is 6.29 Å². The third kappa shape index (κ3) is 6.11. The van der Waals surface area contributed by atoms with Crippen LogP contribution < -0.4 is 9.46 Å². The number of sulfonamides is 1. The second-order valence-electron chi connectivity index (χ2n) is 7.32. The summed E-state index contributed by atoms with van der Waals surface area (Å²) in [6, 6.07) is 11.5. The van der Waals surface area contributed by atoms with E-state index in [2.05, 4.69) is 4.72 Å². The number of hydrogen-bond acceptors (Lipinski definition) is 6. The summed E-state index contributed by atoms with van der Waals surface area (Å²) in [5.41, 5.74) is 0.665. The van der Waals surface area contributed by atoms with Gasteiger partial charge in [-0.1, -0.05) is 24.3 Å². The zero-order valence-corrected chi connectivity index (χ0v) is 18.1. The van der Waals surface area contributed by atoms with E-state index in [0.29, 0.717) is 24.0 Å². The predicted octanol–water partition coefficient (Wildman–Crippen LogP) is 3.59. The third-order valence-corrected chi connectivity index (χ3v) is 5.60. The van der Waals surface area contributed by atoms with Crippen molar-refractivity contribution in [1.82, 2.24) is 4.72 Å². The van der Waals surface area contributed by atoms with Crippen LogP contribution in [0.1, 0.15) is 38.1 Å². The zero-order chi connectivity index (χ0) is 21.7. The summed E-state index contributed by atoms with van der Waals surface area (Å²) in [6.45, 7) is 6.53. The van der Waals surface area contributed by atoms with E-state index in [1.807, 2.05) is 0 Å². The number of carbonyl (C=O) groups is 1. The predicted molar refractivity (Wildman–Crippen MR) is 110 cm³/mol. The summed E-state index contributed by atoms with van der Waals surface area (Å²) >= 11 is 0. The molecule has 0 radical (unpaired) electrons. The van der Waals surface area contributed by atoms with E-state index in [4.69, 9.17) is 14.2 Å². The second-order valence-corrected chi connectivity index (χ2v) is 8.97. The molecule has 0 aliphatic heterocycles. The van der Waals surface area contributed by atoms with E-state index in [1.54, 1.807) is 64.1 Å². The van der Waals surface area contributed by atoms with Gasteiger partial charge in [-0.25, -0.2) is 13.1 Å². The van der Waals surface area contributed by atoms with Crippen LogP contribution in [0.15, 0.2) is 47.4 Å². The van der Waals surface area contributed by atoms with Crippen molar-refractivity contribution in [2.24, 2.45) is 0 Å². The summed E-state index contributed by atoms with van der Waals surface area (Å²) in [5.74, 6) is 0.275. The molecule has 2 aromatic rings. The minimum atomic E-state index is -3.77. The normalized spacial score (nSPS) is 13.1. The molecule has 1 atom stereocenters. The van der Waals surface area contributed by atoms with Gasteiger partial charge in [-0.3, -0.25) is 4.79 Å². The summed E-state index contributed by atoms with van der Waals surface area (Å²) in [5, 5.41) is 0. The van der Waals surface area contributed by atoms with E-state index in [0.717, 1.165) is 0 Å². The van der Waals surface area contributed by atoms with E-state index < -0.39 is 22.0 Å². The molecule has 1 N–H and O–H groups in total. The van der Waals surface area contributed by atoms with Crippen LogP contribution in [0.4, 0.5) is 0 Å². The van der Waals surface area contributed by atoms with Crippen LogP contribution in [0.5, 0.6) is 5.75 Å². The highest BCUT2D eigenvalue weighted by molar-refractivity contribution is 7.89. The molecule has 0 saturated carbocycles. The zero-order valence-electron chi connectivity index (χ0n) is 17.3. The van der Waals surface area contributed by atoms with Gasteiger partial charge in [0, 0.05) is 18.2 Å². The van der Waals surface area contributed by atoms with Crippen molar-refractivity contribution >= 4 is 16.3 Å². The first-order valence-corrected chi connectivity index (χ1v) is 10.6. The maximum absolute atomic E-state index is 12.9. The average Bonchev–Trinajstić information content (AvgIpc) is 2.66. The Hall–Kier alpha value is -2.26. The van der Waals surface area contributed by atoms with Gasteiger partial charge < -0.3 is 14.2 Å². The molecule has 0 fully saturated rings. The maximum Gasteiger partial charge on any atom is 0.315 e. The van der Waals surface area contributed by atoms with E-state index >= 15 is 0 Å². The molecule has 0 saturated heterocycles. The molecule has 0 aliphatic carbocycles. The standard InChI is InChI=1S/C21H27NO6S/c1-6-27-20(26-5)28-18-12-11-15(13-16(18)14-23)17-9-7-8-10-19(17)29(24,25)22-21(2,3)4/h7-14,20,22H,6H2,1-5H3. The second kappa shape index (κ2) is 9.49. The lowest BCUT2D eigenvalue weighted by Crippen LogP contribution is -2.40. The Balaban J connectivity index is 2.48. The maximum atomic E-state index is 12.9. The van der Waals surface area contributed by atoms with Crippen molar-refractivity contribution in [2.45, 2.75) is 44.6 Å². The quantitative estimate of drug-likeness (QED) is 0.492. The van der Waals surface area contributed by atoms with Crippen molar-refractivity contribution < 1.29 is 27.4 Å². The fourth-order valence-corrected chi connectivity index (χ4v) is 4.35. The van der Waals surface area contributed by atoms with Gasteiger partial charge in [-0.05, 0) is 51.5 Å². The minimum absolute atomic E-state index is 0.129. The molecule has 29 heavy (non-hydrogen) atoms. The molecular weight excluding hydrogens is 394 g/mol. The van der Waals surface area contributed by atoms with E-state index in [-0.39, 0.29) is 16.2 Å². The molecule has 0 aliphatic rings. The molecule has 0 heterocycles. The van der Waals surface area contributed by atoms with Crippen LogP contribution in [-0.4, -0.2) is 40.4 Å². The molecule has 0 spiro atoms. The molecule has 1 unspecified atom stereocenters. The SMILES string of the molecule is CCOC(OC)Oc1ccc(-c2ccccc2S(=O)(=O)NC(C)(C)C)cc1C=O. The molecule has 0 aromatic heterocycles. The van der Waals surface area contributed by atoms with Crippen LogP contribution >= 0.6 is 0 Å². The first-order valence-electron chi connectivity index (χ1n) is 9.15. The van der Waals surface area contributed by atoms with Crippen molar-refractivity contribution in [1.29, 1.82) is 0 Å². The van der Waals surface area contributed by atoms with Crippen LogP contribution in [0, 0.1) is 0 Å². The highest BCUT2D eigenvalue weighted by Crippen LogP contribution is 2.31. The Labute approximate surface area is 172 Å². The monoisotopic (exact) mass is 421 g/mol. The average molecular weight is 422 g/mol. The number of methoxy groups -OCH3 is 1. The number of carbonyl (C=O) groups excluding carboxylic acids is 1. The van der Waals surface area contributed by atoms with E-state index in [1.165, 1.54) is 13.2 Å². The number of aldehydes is 1. The highest BCUT2D eigenvalue weighted by atomic mass is 32.2. The largest absolute Gasteiger partial charge is 0.440 e. The lowest BCUT2D eigenvalue weighted by molar-refractivity contribution is -0.231. The van der Waals surface area contributed by atoms with Crippen molar-refractivity contribution in [3.05, 3.63) is 48.0 Å². The summed E-state index contributed by atoms with van der Waals surface area (Å²) in [6.07, 6.45) is 0.641. The number of nitrogens with one attached hydrogen (secondary N) is 1. The Morgan fingerprint density at radius 2 is 1.83 bits per heavy atom. The minimum Gasteiger partial charge on any atom is -0.440 e. The number of rotatable bonds is 9. The van der Waals surface area contributed by atoms with Gasteiger partial charge in [0.25, 0.3) is 0 Å².